The topological polar surface area (TPSA) is 29.5 Å². The largest absolute Gasteiger partial charge is 0.355 e. The molecule has 3 nitrogen and oxygen atoms in total. The molecular weight excluding hydrogens is 262 g/mol. The summed E-state index contributed by atoms with van der Waals surface area (Å²) in [6.45, 7) is 0.586. The molecule has 0 bridgehead atoms. The van der Waals surface area contributed by atoms with Gasteiger partial charge in [-0.3, -0.25) is 4.79 Å². The van der Waals surface area contributed by atoms with Gasteiger partial charge in [0.25, 0.3) is 0 Å². The number of amides is 1. The maximum absolute atomic E-state index is 12.7. The van der Waals surface area contributed by atoms with Crippen LogP contribution in [0.3, 0.4) is 0 Å². The van der Waals surface area contributed by atoms with Crippen LogP contribution >= 0.6 is 0 Å². The van der Waals surface area contributed by atoms with Crippen LogP contribution in [0.4, 0.5) is 0 Å². The van der Waals surface area contributed by atoms with Crippen molar-refractivity contribution in [3.8, 4) is 0 Å². The highest BCUT2D eigenvalue weighted by Crippen LogP contribution is 2.34. The Morgan fingerprint density at radius 3 is 2.48 bits per heavy atom. The molecular formula is C18H17NO2. The number of ether oxygens (including phenoxy) is 1. The number of rotatable bonds is 1. The second kappa shape index (κ2) is 5.01. The summed E-state index contributed by atoms with van der Waals surface area (Å²) in [7, 11) is 0. The van der Waals surface area contributed by atoms with E-state index in [0.717, 1.165) is 17.5 Å². The van der Waals surface area contributed by atoms with E-state index in [4.69, 9.17) is 4.74 Å². The first-order chi connectivity index (χ1) is 10.3. The molecule has 0 spiro atoms. The van der Waals surface area contributed by atoms with Crippen LogP contribution in [0.25, 0.3) is 0 Å². The van der Waals surface area contributed by atoms with Crippen molar-refractivity contribution < 1.29 is 9.53 Å². The van der Waals surface area contributed by atoms with Crippen LogP contribution in [0.5, 0.6) is 0 Å². The minimum atomic E-state index is -0.133. The molecule has 2 aliphatic heterocycles. The van der Waals surface area contributed by atoms with Crippen molar-refractivity contribution in [2.75, 3.05) is 6.61 Å². The Hall–Kier alpha value is -2.13. The fourth-order valence-electron chi connectivity index (χ4n) is 3.36. The molecule has 1 amide bonds. The molecule has 2 heterocycles. The van der Waals surface area contributed by atoms with Crippen LogP contribution in [-0.2, 0) is 22.4 Å². The van der Waals surface area contributed by atoms with Crippen molar-refractivity contribution in [3.63, 3.8) is 0 Å². The van der Waals surface area contributed by atoms with E-state index < -0.39 is 0 Å². The predicted octanol–water partition coefficient (Wildman–Crippen LogP) is 2.71. The minimum Gasteiger partial charge on any atom is -0.355 e. The van der Waals surface area contributed by atoms with Gasteiger partial charge in [0.05, 0.1) is 19.1 Å². The molecule has 3 heteroatoms. The van der Waals surface area contributed by atoms with E-state index in [0.29, 0.717) is 13.0 Å². The molecule has 0 N–H and O–H groups in total. The molecule has 0 aliphatic carbocycles. The lowest BCUT2D eigenvalue weighted by Crippen LogP contribution is -2.38. The van der Waals surface area contributed by atoms with E-state index in [1.54, 1.807) is 0 Å². The van der Waals surface area contributed by atoms with Crippen molar-refractivity contribution in [1.82, 2.24) is 4.90 Å². The van der Waals surface area contributed by atoms with E-state index in [2.05, 4.69) is 18.2 Å². The Morgan fingerprint density at radius 2 is 1.67 bits per heavy atom. The molecule has 2 aromatic carbocycles. The fourth-order valence-corrected chi connectivity index (χ4v) is 3.36. The average molecular weight is 279 g/mol. The molecule has 2 aromatic rings. The van der Waals surface area contributed by atoms with Crippen LogP contribution in [0.15, 0.2) is 54.6 Å². The van der Waals surface area contributed by atoms with E-state index >= 15 is 0 Å². The van der Waals surface area contributed by atoms with Crippen molar-refractivity contribution in [1.29, 1.82) is 0 Å². The molecule has 0 unspecified atom stereocenters. The number of fused-ring (bicyclic) bond motifs is 2. The highest BCUT2D eigenvalue weighted by Gasteiger charge is 2.40. The van der Waals surface area contributed by atoms with Crippen molar-refractivity contribution >= 4 is 5.91 Å². The van der Waals surface area contributed by atoms with E-state index in [-0.39, 0.29) is 18.2 Å². The highest BCUT2D eigenvalue weighted by molar-refractivity contribution is 5.81. The first-order valence-electron chi connectivity index (χ1n) is 7.37. The summed E-state index contributed by atoms with van der Waals surface area (Å²) in [5.41, 5.74) is 3.51. The van der Waals surface area contributed by atoms with Gasteiger partial charge in [0.1, 0.15) is 6.23 Å². The van der Waals surface area contributed by atoms with E-state index in [1.807, 2.05) is 41.3 Å². The summed E-state index contributed by atoms with van der Waals surface area (Å²) >= 11 is 0. The third kappa shape index (κ3) is 2.14. The number of nitrogens with zero attached hydrogens (tertiary/aromatic N) is 1. The van der Waals surface area contributed by atoms with Gasteiger partial charge in [0.2, 0.25) is 5.91 Å². The zero-order valence-electron chi connectivity index (χ0n) is 11.7. The third-order valence-corrected chi connectivity index (χ3v) is 4.42. The SMILES string of the molecule is O=C1Cc2ccccc2C[C@H]2OC[C@H](c3ccccc3)N12. The number of benzene rings is 2. The van der Waals surface area contributed by atoms with Crippen LogP contribution < -0.4 is 0 Å². The van der Waals surface area contributed by atoms with E-state index in [9.17, 15) is 4.79 Å². The number of hydrogen-bond donors (Lipinski definition) is 0. The minimum absolute atomic E-state index is 0.0398. The van der Waals surface area contributed by atoms with Crippen LogP contribution in [0.1, 0.15) is 22.7 Å². The van der Waals surface area contributed by atoms with Gasteiger partial charge in [-0.25, -0.2) is 0 Å². The molecule has 1 saturated heterocycles. The highest BCUT2D eigenvalue weighted by atomic mass is 16.5. The first-order valence-corrected chi connectivity index (χ1v) is 7.37. The standard InChI is InChI=1S/C18H17NO2/c20-17-10-14-8-4-5-9-15(14)11-18-19(17)16(12-21-18)13-6-2-1-3-7-13/h1-9,16,18H,10-12H2/t16-,18-/m1/s1. The molecule has 1 fully saturated rings. The lowest BCUT2D eigenvalue weighted by atomic mass is 10.0. The molecule has 2 aliphatic rings. The Bertz CT molecular complexity index is 668. The molecule has 2 atom stereocenters. The Balaban J connectivity index is 1.70. The predicted molar refractivity (Wildman–Crippen MR) is 79.6 cm³/mol. The molecule has 106 valence electrons. The zero-order valence-corrected chi connectivity index (χ0v) is 11.7. The van der Waals surface area contributed by atoms with Gasteiger partial charge < -0.3 is 9.64 Å². The number of carbonyl (C=O) groups excluding carboxylic acids is 1. The average Bonchev–Trinajstić information content (AvgIpc) is 2.88. The summed E-state index contributed by atoms with van der Waals surface area (Å²) in [6, 6.07) is 18.4. The third-order valence-electron chi connectivity index (χ3n) is 4.42. The van der Waals surface area contributed by atoms with Crippen molar-refractivity contribution in [3.05, 3.63) is 71.3 Å². The molecule has 0 saturated carbocycles. The summed E-state index contributed by atoms with van der Waals surface area (Å²) < 4.78 is 5.94. The molecule has 0 aromatic heterocycles. The Morgan fingerprint density at radius 1 is 0.952 bits per heavy atom. The van der Waals surface area contributed by atoms with Crippen LogP contribution in [0.2, 0.25) is 0 Å². The molecule has 4 rings (SSSR count). The maximum atomic E-state index is 12.7. The van der Waals surface area contributed by atoms with Gasteiger partial charge in [0.15, 0.2) is 0 Å². The Labute approximate surface area is 124 Å². The maximum Gasteiger partial charge on any atom is 0.229 e. The second-order valence-electron chi connectivity index (χ2n) is 5.67. The lowest BCUT2D eigenvalue weighted by molar-refractivity contribution is -0.136. The van der Waals surface area contributed by atoms with Gasteiger partial charge in [-0.15, -0.1) is 0 Å². The Kier molecular flexibility index (Phi) is 3.00. The van der Waals surface area contributed by atoms with Crippen LogP contribution in [-0.4, -0.2) is 23.6 Å². The number of carbonyl (C=O) groups is 1. The van der Waals surface area contributed by atoms with Crippen molar-refractivity contribution in [2.24, 2.45) is 0 Å². The molecule has 21 heavy (non-hydrogen) atoms. The summed E-state index contributed by atoms with van der Waals surface area (Å²) in [5.74, 6) is 0.163. The zero-order chi connectivity index (χ0) is 14.2. The summed E-state index contributed by atoms with van der Waals surface area (Å²) in [6.07, 6.45) is 1.12. The van der Waals surface area contributed by atoms with Gasteiger partial charge in [0, 0.05) is 6.42 Å². The van der Waals surface area contributed by atoms with Gasteiger partial charge in [-0.2, -0.15) is 0 Å². The smallest absolute Gasteiger partial charge is 0.229 e. The quantitative estimate of drug-likeness (QED) is 0.803. The normalized spacial score (nSPS) is 24.4. The van der Waals surface area contributed by atoms with E-state index in [1.165, 1.54) is 5.56 Å². The number of hydrogen-bond acceptors (Lipinski definition) is 2. The summed E-state index contributed by atoms with van der Waals surface area (Å²) in [5, 5.41) is 0. The van der Waals surface area contributed by atoms with Gasteiger partial charge >= 0.3 is 0 Å². The van der Waals surface area contributed by atoms with Gasteiger partial charge in [-0.1, -0.05) is 54.6 Å². The molecule has 0 radical (unpaired) electrons. The first kappa shape index (κ1) is 12.6. The van der Waals surface area contributed by atoms with Crippen LogP contribution in [0, 0.1) is 0 Å². The summed E-state index contributed by atoms with van der Waals surface area (Å²) in [4.78, 5) is 14.6. The monoisotopic (exact) mass is 279 g/mol. The van der Waals surface area contributed by atoms with Crippen molar-refractivity contribution in [2.45, 2.75) is 25.1 Å². The fraction of sp³-hybridized carbons (Fsp3) is 0.278. The lowest BCUT2D eigenvalue weighted by Gasteiger charge is -2.26. The van der Waals surface area contributed by atoms with Gasteiger partial charge in [-0.05, 0) is 16.7 Å². The second-order valence-corrected chi connectivity index (χ2v) is 5.67.